The lowest BCUT2D eigenvalue weighted by molar-refractivity contribution is -0.184. The van der Waals surface area contributed by atoms with Crippen LogP contribution in [0.2, 0.25) is 0 Å². The van der Waals surface area contributed by atoms with Crippen molar-refractivity contribution in [1.82, 2.24) is 0 Å². The van der Waals surface area contributed by atoms with Gasteiger partial charge in [0.05, 0.1) is 0 Å². The minimum atomic E-state index is -4.43. The summed E-state index contributed by atoms with van der Waals surface area (Å²) in [5.74, 6) is 0. The Kier molecular flexibility index (Phi) is 2.58. The Morgan fingerprint density at radius 1 is 1.07 bits per heavy atom. The molecule has 0 aliphatic rings. The molecule has 0 spiro atoms. The van der Waals surface area contributed by atoms with Gasteiger partial charge in [0.15, 0.2) is 0 Å². The molecule has 0 heterocycles. The van der Waals surface area contributed by atoms with Gasteiger partial charge in [-0.05, 0) is 19.4 Å². The van der Waals surface area contributed by atoms with Crippen LogP contribution in [0.5, 0.6) is 0 Å². The van der Waals surface area contributed by atoms with Gasteiger partial charge in [-0.3, -0.25) is 0 Å². The summed E-state index contributed by atoms with van der Waals surface area (Å²) in [4.78, 5) is 0. The largest absolute Gasteiger partial charge is 0.410 e. The van der Waals surface area contributed by atoms with E-state index in [-0.39, 0.29) is 5.56 Å². The molecule has 1 nitrogen and oxygen atoms in total. The van der Waals surface area contributed by atoms with Gasteiger partial charge in [-0.15, -0.1) is 0 Å². The lowest BCUT2D eigenvalue weighted by Gasteiger charge is -2.28. The van der Waals surface area contributed by atoms with E-state index in [9.17, 15) is 13.2 Å². The van der Waals surface area contributed by atoms with E-state index in [0.29, 0.717) is 0 Å². The van der Waals surface area contributed by atoms with Gasteiger partial charge in [0.25, 0.3) is 0 Å². The van der Waals surface area contributed by atoms with Crippen LogP contribution >= 0.6 is 0 Å². The van der Waals surface area contributed by atoms with Crippen LogP contribution in [-0.4, -0.2) is 6.18 Å². The van der Waals surface area contributed by atoms with Crippen LogP contribution in [0.15, 0.2) is 24.3 Å². The topological polar surface area (TPSA) is 26.0 Å². The molecule has 0 amide bonds. The van der Waals surface area contributed by atoms with Crippen molar-refractivity contribution < 1.29 is 13.2 Å². The average molecular weight is 203 g/mol. The number of hydrogen-bond donors (Lipinski definition) is 1. The Balaban J connectivity index is 3.10. The molecule has 2 N–H and O–H groups in total. The molecule has 4 heteroatoms. The van der Waals surface area contributed by atoms with Crippen LogP contribution in [-0.2, 0) is 5.54 Å². The first-order chi connectivity index (χ1) is 6.25. The summed E-state index contributed by atoms with van der Waals surface area (Å²) in [6.45, 7) is 2.78. The average Bonchev–Trinajstić information content (AvgIpc) is 2.03. The summed E-state index contributed by atoms with van der Waals surface area (Å²) in [6, 6.07) is 6.05. The number of benzene rings is 1. The molecule has 14 heavy (non-hydrogen) atoms. The zero-order valence-corrected chi connectivity index (χ0v) is 8.02. The monoisotopic (exact) mass is 203 g/mol. The zero-order valence-electron chi connectivity index (χ0n) is 8.02. The normalized spacial score (nSPS) is 16.4. The van der Waals surface area contributed by atoms with Gasteiger partial charge in [0, 0.05) is 0 Å². The Morgan fingerprint density at radius 3 is 1.86 bits per heavy atom. The fraction of sp³-hybridized carbons (Fsp3) is 0.400. The van der Waals surface area contributed by atoms with E-state index in [1.807, 2.05) is 6.92 Å². The standard InChI is InChI=1S/C10H12F3N/c1-7-3-5-8(6-4-7)9(2,14)10(11,12)13/h3-6H,14H2,1-2H3. The lowest BCUT2D eigenvalue weighted by atomic mass is 9.92. The highest BCUT2D eigenvalue weighted by molar-refractivity contribution is 5.28. The first kappa shape index (κ1) is 11.0. The highest BCUT2D eigenvalue weighted by Gasteiger charge is 2.49. The summed E-state index contributed by atoms with van der Waals surface area (Å²) >= 11 is 0. The first-order valence-corrected chi connectivity index (χ1v) is 4.18. The van der Waals surface area contributed by atoms with Gasteiger partial charge in [-0.25, -0.2) is 0 Å². The van der Waals surface area contributed by atoms with Gasteiger partial charge in [-0.2, -0.15) is 13.2 Å². The second kappa shape index (κ2) is 3.28. The number of halogens is 3. The molecule has 0 aliphatic carbocycles. The Morgan fingerprint density at radius 2 is 1.50 bits per heavy atom. The maximum atomic E-state index is 12.5. The molecule has 0 aliphatic heterocycles. The van der Waals surface area contributed by atoms with Crippen LogP contribution in [0, 0.1) is 6.92 Å². The second-order valence-electron chi connectivity index (χ2n) is 3.57. The molecule has 78 valence electrons. The van der Waals surface area contributed by atoms with E-state index in [0.717, 1.165) is 12.5 Å². The molecule has 0 fully saturated rings. The number of nitrogens with two attached hydrogens (primary N) is 1. The molecular weight excluding hydrogens is 191 g/mol. The third-order valence-electron chi connectivity index (χ3n) is 2.24. The number of aryl methyl sites for hydroxylation is 1. The smallest absolute Gasteiger partial charge is 0.314 e. The zero-order chi connectivity index (χ0) is 11.0. The van der Waals surface area contributed by atoms with Crippen molar-refractivity contribution in [3.05, 3.63) is 35.4 Å². The molecule has 0 saturated heterocycles. The van der Waals surface area contributed by atoms with Crippen LogP contribution < -0.4 is 5.73 Å². The van der Waals surface area contributed by atoms with E-state index in [2.05, 4.69) is 0 Å². The fourth-order valence-corrected chi connectivity index (χ4v) is 1.06. The molecule has 1 rings (SSSR count). The van der Waals surface area contributed by atoms with Crippen molar-refractivity contribution in [3.8, 4) is 0 Å². The van der Waals surface area contributed by atoms with Crippen molar-refractivity contribution in [3.63, 3.8) is 0 Å². The van der Waals surface area contributed by atoms with Crippen molar-refractivity contribution in [2.45, 2.75) is 25.6 Å². The molecule has 0 saturated carbocycles. The van der Waals surface area contributed by atoms with Crippen molar-refractivity contribution in [2.75, 3.05) is 0 Å². The summed E-state index contributed by atoms with van der Waals surface area (Å²) in [6.07, 6.45) is -4.43. The number of hydrogen-bond acceptors (Lipinski definition) is 1. The summed E-state index contributed by atoms with van der Waals surface area (Å²) < 4.78 is 37.5. The van der Waals surface area contributed by atoms with E-state index < -0.39 is 11.7 Å². The molecule has 0 bridgehead atoms. The van der Waals surface area contributed by atoms with E-state index >= 15 is 0 Å². The number of alkyl halides is 3. The second-order valence-corrected chi connectivity index (χ2v) is 3.57. The molecule has 0 radical (unpaired) electrons. The first-order valence-electron chi connectivity index (χ1n) is 4.18. The Bertz CT molecular complexity index is 311. The third-order valence-corrected chi connectivity index (χ3v) is 2.24. The molecule has 1 atom stereocenters. The Labute approximate surface area is 80.7 Å². The summed E-state index contributed by atoms with van der Waals surface area (Å²) in [5.41, 5.74) is 3.95. The van der Waals surface area contributed by atoms with Crippen LogP contribution in [0.1, 0.15) is 18.1 Å². The molecule has 0 aromatic heterocycles. The highest BCUT2D eigenvalue weighted by atomic mass is 19.4. The van der Waals surface area contributed by atoms with Gasteiger partial charge in [0.2, 0.25) is 0 Å². The van der Waals surface area contributed by atoms with Crippen LogP contribution in [0.4, 0.5) is 13.2 Å². The molecule has 1 unspecified atom stereocenters. The predicted molar refractivity (Wildman–Crippen MR) is 48.8 cm³/mol. The minimum absolute atomic E-state index is 0.0793. The van der Waals surface area contributed by atoms with E-state index in [1.54, 1.807) is 12.1 Å². The third kappa shape index (κ3) is 1.90. The molecule has 1 aromatic rings. The predicted octanol–water partition coefficient (Wildman–Crippen LogP) is 2.73. The maximum Gasteiger partial charge on any atom is 0.410 e. The fourth-order valence-electron chi connectivity index (χ4n) is 1.06. The maximum absolute atomic E-state index is 12.5. The molecular formula is C10H12F3N. The quantitative estimate of drug-likeness (QED) is 0.746. The van der Waals surface area contributed by atoms with E-state index in [1.165, 1.54) is 12.1 Å². The van der Waals surface area contributed by atoms with Gasteiger partial charge >= 0.3 is 6.18 Å². The SMILES string of the molecule is Cc1ccc(C(C)(N)C(F)(F)F)cc1. The van der Waals surface area contributed by atoms with Crippen molar-refractivity contribution in [2.24, 2.45) is 5.73 Å². The van der Waals surface area contributed by atoms with Crippen LogP contribution in [0.25, 0.3) is 0 Å². The minimum Gasteiger partial charge on any atom is -0.314 e. The number of rotatable bonds is 1. The van der Waals surface area contributed by atoms with Crippen molar-refractivity contribution in [1.29, 1.82) is 0 Å². The van der Waals surface area contributed by atoms with Gasteiger partial charge in [-0.1, -0.05) is 29.8 Å². The van der Waals surface area contributed by atoms with Crippen molar-refractivity contribution >= 4 is 0 Å². The summed E-state index contributed by atoms with van der Waals surface area (Å²) in [7, 11) is 0. The van der Waals surface area contributed by atoms with Crippen LogP contribution in [0.3, 0.4) is 0 Å². The van der Waals surface area contributed by atoms with Gasteiger partial charge < -0.3 is 5.73 Å². The molecule has 1 aromatic carbocycles. The Hall–Kier alpha value is -1.03. The highest BCUT2D eigenvalue weighted by Crippen LogP contribution is 2.36. The summed E-state index contributed by atoms with van der Waals surface area (Å²) in [5, 5.41) is 0. The van der Waals surface area contributed by atoms with E-state index in [4.69, 9.17) is 5.73 Å². The van der Waals surface area contributed by atoms with Gasteiger partial charge in [0.1, 0.15) is 5.54 Å². The lowest BCUT2D eigenvalue weighted by Crippen LogP contribution is -2.47.